The fraction of sp³-hybridized carbons (Fsp3) is 0.333. The van der Waals surface area contributed by atoms with Crippen molar-refractivity contribution in [2.45, 2.75) is 25.2 Å². The molecule has 0 radical (unpaired) electrons. The second kappa shape index (κ2) is 5.10. The summed E-state index contributed by atoms with van der Waals surface area (Å²) >= 11 is 0. The lowest BCUT2D eigenvalue weighted by Crippen LogP contribution is -2.24. The number of carbonyl (C=O) groups excluding carboxylic acids is 1. The molecule has 0 saturated heterocycles. The number of anilines is 1. The van der Waals surface area contributed by atoms with Gasteiger partial charge in [-0.3, -0.25) is 4.79 Å². The van der Waals surface area contributed by atoms with Gasteiger partial charge in [-0.1, -0.05) is 13.0 Å². The Hall–Kier alpha value is -1.73. The van der Waals surface area contributed by atoms with Gasteiger partial charge >= 0.3 is 0 Å². The highest BCUT2D eigenvalue weighted by atomic mass is 32.2. The minimum Gasteiger partial charge on any atom is -0.272 e. The molecule has 1 heterocycles. The molecule has 0 saturated carbocycles. The number of carbonyl (C=O) groups is 1. The van der Waals surface area contributed by atoms with E-state index in [4.69, 9.17) is 0 Å². The number of hydrogen-bond acceptors (Lipinski definition) is 4. The van der Waals surface area contributed by atoms with Crippen molar-refractivity contribution >= 4 is 27.3 Å². The van der Waals surface area contributed by atoms with Crippen LogP contribution in [0.2, 0.25) is 0 Å². The maximum Gasteiger partial charge on any atom is 0.253 e. The molecule has 0 bridgehead atoms. The molecule has 0 fully saturated rings. The first-order chi connectivity index (χ1) is 8.94. The third-order valence-corrected chi connectivity index (χ3v) is 4.16. The fourth-order valence-corrected chi connectivity index (χ4v) is 2.89. The van der Waals surface area contributed by atoms with Gasteiger partial charge in [0.15, 0.2) is 0 Å². The van der Waals surface area contributed by atoms with Gasteiger partial charge < -0.3 is 0 Å². The van der Waals surface area contributed by atoms with Crippen LogP contribution in [0.4, 0.5) is 5.69 Å². The van der Waals surface area contributed by atoms with Gasteiger partial charge in [-0.2, -0.15) is 5.10 Å². The fourth-order valence-electron chi connectivity index (χ4n) is 1.81. The quantitative estimate of drug-likeness (QED) is 0.897. The van der Waals surface area contributed by atoms with E-state index in [2.05, 4.69) is 9.82 Å². The Morgan fingerprint density at radius 3 is 2.74 bits per heavy atom. The van der Waals surface area contributed by atoms with Crippen molar-refractivity contribution in [3.8, 4) is 0 Å². The zero-order chi connectivity index (χ0) is 14.0. The van der Waals surface area contributed by atoms with Crippen LogP contribution < -0.4 is 9.73 Å². The van der Waals surface area contributed by atoms with Crippen LogP contribution in [0.3, 0.4) is 0 Å². The molecule has 1 N–H and O–H groups in total. The highest BCUT2D eigenvalue weighted by Gasteiger charge is 2.24. The summed E-state index contributed by atoms with van der Waals surface area (Å²) in [4.78, 5) is 11.8. The summed E-state index contributed by atoms with van der Waals surface area (Å²) in [7, 11) is -3.53. The number of amides is 1. The van der Waals surface area contributed by atoms with Gasteiger partial charge in [0.1, 0.15) is 0 Å². The smallest absolute Gasteiger partial charge is 0.253 e. The monoisotopic (exact) mass is 281 g/mol. The van der Waals surface area contributed by atoms with Crippen LogP contribution >= 0.6 is 0 Å². The van der Waals surface area contributed by atoms with Crippen molar-refractivity contribution in [3.63, 3.8) is 0 Å². The van der Waals surface area contributed by atoms with Crippen molar-refractivity contribution in [1.82, 2.24) is 4.72 Å². The van der Waals surface area contributed by atoms with Crippen LogP contribution in [0, 0.1) is 0 Å². The first-order valence-corrected chi connectivity index (χ1v) is 7.39. The summed E-state index contributed by atoms with van der Waals surface area (Å²) in [5.41, 5.74) is 1.17. The lowest BCUT2D eigenvalue weighted by Gasteiger charge is -2.13. The number of hydrazone groups is 1. The molecule has 1 amide bonds. The maximum atomic E-state index is 11.9. The molecule has 1 aliphatic heterocycles. The number of sulfonamides is 1. The zero-order valence-corrected chi connectivity index (χ0v) is 11.6. The van der Waals surface area contributed by atoms with Crippen LogP contribution in [-0.4, -0.2) is 26.6 Å². The van der Waals surface area contributed by atoms with Crippen LogP contribution in [-0.2, 0) is 14.8 Å². The van der Waals surface area contributed by atoms with E-state index in [-0.39, 0.29) is 17.2 Å². The lowest BCUT2D eigenvalue weighted by atomic mass is 10.3. The van der Waals surface area contributed by atoms with Crippen molar-refractivity contribution in [2.75, 3.05) is 11.6 Å². The summed E-state index contributed by atoms with van der Waals surface area (Å²) in [5, 5.41) is 5.33. The highest BCUT2D eigenvalue weighted by molar-refractivity contribution is 7.89. The third-order valence-electron chi connectivity index (χ3n) is 2.62. The molecule has 1 aromatic carbocycles. The second-order valence-electron chi connectivity index (χ2n) is 4.22. The molecule has 0 aromatic heterocycles. The standard InChI is InChI=1S/C12H15N3O3S/c1-3-13-19(17,18)11-6-4-5-10(8-11)15-12(16)7-9(2)14-15/h4-6,8,13H,3,7H2,1-2H3. The van der Waals surface area contributed by atoms with Gasteiger partial charge in [0.25, 0.3) is 5.91 Å². The average molecular weight is 281 g/mol. The summed E-state index contributed by atoms with van der Waals surface area (Å²) in [6.45, 7) is 3.78. The van der Waals surface area contributed by atoms with Crippen LogP contribution in [0.25, 0.3) is 0 Å². The Balaban J connectivity index is 2.38. The Morgan fingerprint density at radius 1 is 1.42 bits per heavy atom. The van der Waals surface area contributed by atoms with E-state index in [1.54, 1.807) is 26.0 Å². The van der Waals surface area contributed by atoms with E-state index in [0.29, 0.717) is 17.9 Å². The first-order valence-electron chi connectivity index (χ1n) is 5.91. The van der Waals surface area contributed by atoms with Crippen LogP contribution in [0.1, 0.15) is 20.3 Å². The summed E-state index contributed by atoms with van der Waals surface area (Å²) in [6.07, 6.45) is 0.268. The topological polar surface area (TPSA) is 78.8 Å². The molecule has 1 aliphatic rings. The van der Waals surface area contributed by atoms with E-state index in [9.17, 15) is 13.2 Å². The molecule has 0 unspecified atom stereocenters. The Kier molecular flexibility index (Phi) is 3.68. The Morgan fingerprint density at radius 2 is 2.16 bits per heavy atom. The van der Waals surface area contributed by atoms with Crippen molar-refractivity contribution in [1.29, 1.82) is 0 Å². The highest BCUT2D eigenvalue weighted by Crippen LogP contribution is 2.23. The molecule has 1 aromatic rings. The maximum absolute atomic E-state index is 11.9. The van der Waals surface area contributed by atoms with Gasteiger partial charge in [0.2, 0.25) is 10.0 Å². The van der Waals surface area contributed by atoms with Crippen LogP contribution in [0.15, 0.2) is 34.3 Å². The van der Waals surface area contributed by atoms with Crippen LogP contribution in [0.5, 0.6) is 0 Å². The largest absolute Gasteiger partial charge is 0.272 e. The summed E-state index contributed by atoms with van der Waals surface area (Å²) in [5.74, 6) is -0.157. The molecule has 0 aliphatic carbocycles. The van der Waals surface area contributed by atoms with Crippen molar-refractivity contribution < 1.29 is 13.2 Å². The predicted molar refractivity (Wildman–Crippen MR) is 72.5 cm³/mol. The zero-order valence-electron chi connectivity index (χ0n) is 10.8. The number of benzene rings is 1. The predicted octanol–water partition coefficient (Wildman–Crippen LogP) is 1.10. The van der Waals surface area contributed by atoms with E-state index in [1.165, 1.54) is 17.1 Å². The number of rotatable bonds is 4. The molecule has 6 nitrogen and oxygen atoms in total. The normalized spacial score (nSPS) is 15.8. The molecule has 102 valence electrons. The second-order valence-corrected chi connectivity index (χ2v) is 5.98. The average Bonchev–Trinajstić information content (AvgIpc) is 2.69. The summed E-state index contributed by atoms with van der Waals surface area (Å²) in [6, 6.07) is 6.18. The van der Waals surface area contributed by atoms with Gasteiger partial charge in [-0.15, -0.1) is 0 Å². The van der Waals surface area contributed by atoms with Crippen molar-refractivity contribution in [2.24, 2.45) is 5.10 Å². The van der Waals surface area contributed by atoms with Gasteiger partial charge in [-0.25, -0.2) is 18.1 Å². The minimum absolute atomic E-state index is 0.124. The van der Waals surface area contributed by atoms with E-state index >= 15 is 0 Å². The van der Waals surface area contributed by atoms with E-state index < -0.39 is 10.0 Å². The third kappa shape index (κ3) is 2.82. The molecular formula is C12H15N3O3S. The molecule has 2 rings (SSSR count). The van der Waals surface area contributed by atoms with Gasteiger partial charge in [0, 0.05) is 12.3 Å². The minimum atomic E-state index is -3.53. The SMILES string of the molecule is CCNS(=O)(=O)c1cccc(N2N=C(C)CC2=O)c1. The van der Waals surface area contributed by atoms with Gasteiger partial charge in [0.05, 0.1) is 17.0 Å². The first kappa shape index (κ1) is 13.7. The van der Waals surface area contributed by atoms with Crippen molar-refractivity contribution in [3.05, 3.63) is 24.3 Å². The van der Waals surface area contributed by atoms with E-state index in [0.717, 1.165) is 0 Å². The van der Waals surface area contributed by atoms with Gasteiger partial charge in [-0.05, 0) is 25.1 Å². The summed E-state index contributed by atoms with van der Waals surface area (Å²) < 4.78 is 26.2. The number of hydrogen-bond donors (Lipinski definition) is 1. The molecular weight excluding hydrogens is 266 g/mol. The molecule has 0 atom stereocenters. The lowest BCUT2D eigenvalue weighted by molar-refractivity contribution is -0.116. The molecule has 19 heavy (non-hydrogen) atoms. The molecule has 7 heteroatoms. The van der Waals surface area contributed by atoms with E-state index in [1.807, 2.05) is 0 Å². The number of nitrogens with zero attached hydrogens (tertiary/aromatic N) is 2. The Labute approximate surface area is 112 Å². The number of nitrogens with one attached hydrogen (secondary N) is 1. The molecule has 0 spiro atoms. The Bertz CT molecular complexity index is 637.